The van der Waals surface area contributed by atoms with Crippen molar-refractivity contribution in [1.29, 1.82) is 0 Å². The number of halogens is 1. The molecule has 1 aromatic heterocycles. The summed E-state index contributed by atoms with van der Waals surface area (Å²) in [4.78, 5) is 23.7. The van der Waals surface area contributed by atoms with Crippen molar-refractivity contribution in [2.24, 2.45) is 0 Å². The van der Waals surface area contributed by atoms with Gasteiger partial charge in [0.05, 0.1) is 18.1 Å². The van der Waals surface area contributed by atoms with Crippen LogP contribution in [0.2, 0.25) is 0 Å². The Morgan fingerprint density at radius 2 is 2.25 bits per heavy atom. The molecule has 0 aliphatic carbocycles. The number of carbonyl (C=O) groups excluding carboxylic acids is 2. The molecule has 0 bridgehead atoms. The zero-order valence-electron chi connectivity index (χ0n) is 11.2. The number of hydrogen-bond acceptors (Lipinski definition) is 4. The van der Waals surface area contributed by atoms with E-state index in [0.29, 0.717) is 17.2 Å². The van der Waals surface area contributed by atoms with Crippen LogP contribution in [-0.2, 0) is 9.53 Å². The van der Waals surface area contributed by atoms with E-state index in [1.54, 1.807) is 26.0 Å². The average Bonchev–Trinajstić information content (AvgIpc) is 2.84. The molecular formula is C13H15ClN2O4. The van der Waals surface area contributed by atoms with Gasteiger partial charge in [-0.2, -0.15) is 0 Å². The summed E-state index contributed by atoms with van der Waals surface area (Å²) in [6.45, 7) is 3.72. The maximum Gasteiger partial charge on any atom is 0.338 e. The van der Waals surface area contributed by atoms with Gasteiger partial charge in [0, 0.05) is 5.70 Å². The van der Waals surface area contributed by atoms with E-state index in [1.807, 2.05) is 0 Å². The number of amides is 2. The Kier molecular flexibility index (Phi) is 4.34. The fourth-order valence-electron chi connectivity index (χ4n) is 2.00. The largest absolute Gasteiger partial charge is 0.464 e. The first-order valence-electron chi connectivity index (χ1n) is 6.16. The Labute approximate surface area is 121 Å². The normalized spacial score (nSPS) is 18.6. The molecule has 7 heteroatoms. The molecule has 1 atom stereocenters. The van der Waals surface area contributed by atoms with E-state index in [0.717, 1.165) is 0 Å². The summed E-state index contributed by atoms with van der Waals surface area (Å²) in [5.41, 5.74) is 0.587. The maximum absolute atomic E-state index is 12.1. The van der Waals surface area contributed by atoms with Gasteiger partial charge >= 0.3 is 12.0 Å². The van der Waals surface area contributed by atoms with Crippen LogP contribution in [0.15, 0.2) is 27.8 Å². The minimum atomic E-state index is -0.703. The number of nitrogens with one attached hydrogen (secondary N) is 2. The lowest BCUT2D eigenvalue weighted by Crippen LogP contribution is -2.46. The highest BCUT2D eigenvalue weighted by Crippen LogP contribution is 2.29. The van der Waals surface area contributed by atoms with E-state index < -0.39 is 18.0 Å². The number of furan rings is 1. The number of rotatable bonds is 4. The molecule has 108 valence electrons. The molecule has 1 aliphatic rings. The molecule has 0 radical (unpaired) electrons. The number of esters is 1. The second-order valence-electron chi connectivity index (χ2n) is 4.23. The molecular weight excluding hydrogens is 284 g/mol. The quantitative estimate of drug-likeness (QED) is 0.658. The lowest BCUT2D eigenvalue weighted by Gasteiger charge is -2.27. The summed E-state index contributed by atoms with van der Waals surface area (Å²) in [6, 6.07) is 2.32. The number of hydrogen-bond donors (Lipinski definition) is 2. The van der Waals surface area contributed by atoms with E-state index in [-0.39, 0.29) is 18.1 Å². The number of aryl methyl sites for hydroxylation is 1. The Balaban J connectivity index is 2.45. The highest BCUT2D eigenvalue weighted by Gasteiger charge is 2.35. The van der Waals surface area contributed by atoms with Gasteiger partial charge in [0.2, 0.25) is 0 Å². The first kappa shape index (κ1) is 14.5. The van der Waals surface area contributed by atoms with Gasteiger partial charge in [0.15, 0.2) is 0 Å². The lowest BCUT2D eigenvalue weighted by molar-refractivity contribution is -0.139. The number of alkyl halides is 1. The van der Waals surface area contributed by atoms with Crippen LogP contribution in [0.25, 0.3) is 0 Å². The van der Waals surface area contributed by atoms with Gasteiger partial charge < -0.3 is 19.8 Å². The van der Waals surface area contributed by atoms with Crippen LogP contribution in [0, 0.1) is 6.92 Å². The monoisotopic (exact) mass is 298 g/mol. The van der Waals surface area contributed by atoms with Crippen LogP contribution >= 0.6 is 11.6 Å². The molecule has 1 aliphatic heterocycles. The highest BCUT2D eigenvalue weighted by atomic mass is 35.5. The Morgan fingerprint density at radius 1 is 1.50 bits per heavy atom. The van der Waals surface area contributed by atoms with Crippen molar-refractivity contribution < 1.29 is 18.7 Å². The maximum atomic E-state index is 12.1. The summed E-state index contributed by atoms with van der Waals surface area (Å²) in [7, 11) is 0. The Morgan fingerprint density at radius 3 is 2.80 bits per heavy atom. The van der Waals surface area contributed by atoms with Gasteiger partial charge in [-0.3, -0.25) is 0 Å². The van der Waals surface area contributed by atoms with Gasteiger partial charge in [-0.25, -0.2) is 9.59 Å². The summed E-state index contributed by atoms with van der Waals surface area (Å²) in [6.07, 6.45) is 0. The number of urea groups is 1. The SMILES string of the molecule is CCOC(=O)C1=C(CCl)NC(=O)NC1c1ccc(C)o1. The number of allylic oxidation sites excluding steroid dienone is 1. The Bertz CT molecular complexity index is 564. The molecule has 0 saturated heterocycles. The molecule has 0 saturated carbocycles. The molecule has 2 amide bonds. The topological polar surface area (TPSA) is 80.6 Å². The number of ether oxygens (including phenoxy) is 1. The summed E-state index contributed by atoms with van der Waals surface area (Å²) < 4.78 is 10.5. The van der Waals surface area contributed by atoms with Crippen molar-refractivity contribution in [1.82, 2.24) is 10.6 Å². The van der Waals surface area contributed by atoms with Gasteiger partial charge in [-0.05, 0) is 26.0 Å². The highest BCUT2D eigenvalue weighted by molar-refractivity contribution is 6.20. The zero-order valence-corrected chi connectivity index (χ0v) is 11.9. The van der Waals surface area contributed by atoms with Crippen molar-refractivity contribution in [2.75, 3.05) is 12.5 Å². The zero-order chi connectivity index (χ0) is 14.7. The van der Waals surface area contributed by atoms with Gasteiger partial charge in [-0.1, -0.05) is 0 Å². The average molecular weight is 299 g/mol. The third kappa shape index (κ3) is 2.80. The molecule has 6 nitrogen and oxygen atoms in total. The van der Waals surface area contributed by atoms with Crippen LogP contribution < -0.4 is 10.6 Å². The molecule has 0 spiro atoms. The minimum Gasteiger partial charge on any atom is -0.464 e. The summed E-state index contributed by atoms with van der Waals surface area (Å²) in [5.74, 6) is 0.610. The van der Waals surface area contributed by atoms with E-state index in [9.17, 15) is 9.59 Å². The first-order valence-corrected chi connectivity index (χ1v) is 6.70. The molecule has 20 heavy (non-hydrogen) atoms. The van der Waals surface area contributed by atoms with Crippen molar-refractivity contribution in [3.8, 4) is 0 Å². The van der Waals surface area contributed by atoms with Gasteiger partial charge in [0.25, 0.3) is 0 Å². The van der Waals surface area contributed by atoms with Crippen molar-refractivity contribution in [3.05, 3.63) is 34.9 Å². The Hall–Kier alpha value is -1.95. The van der Waals surface area contributed by atoms with Crippen molar-refractivity contribution >= 4 is 23.6 Å². The predicted octanol–water partition coefficient (Wildman–Crippen LogP) is 2.00. The fourth-order valence-corrected chi connectivity index (χ4v) is 2.21. The predicted molar refractivity (Wildman–Crippen MR) is 72.2 cm³/mol. The summed E-state index contributed by atoms with van der Waals surface area (Å²) in [5, 5.41) is 5.16. The van der Waals surface area contributed by atoms with E-state index in [1.165, 1.54) is 0 Å². The molecule has 0 aromatic carbocycles. The molecule has 2 rings (SSSR count). The molecule has 1 unspecified atom stereocenters. The van der Waals surface area contributed by atoms with Crippen LogP contribution in [0.3, 0.4) is 0 Å². The lowest BCUT2D eigenvalue weighted by atomic mass is 10.0. The third-order valence-electron chi connectivity index (χ3n) is 2.83. The first-order chi connectivity index (χ1) is 9.56. The summed E-state index contributed by atoms with van der Waals surface area (Å²) >= 11 is 5.80. The standard InChI is InChI=1S/C13H15ClN2O4/c1-3-19-12(17)10-8(6-14)15-13(18)16-11(10)9-5-4-7(2)20-9/h4-5,11H,3,6H2,1-2H3,(H2,15,16,18). The van der Waals surface area contributed by atoms with Crippen LogP contribution in [0.5, 0.6) is 0 Å². The minimum absolute atomic E-state index is 0.00222. The second kappa shape index (κ2) is 6.00. The number of carbonyl (C=O) groups is 2. The molecule has 2 N–H and O–H groups in total. The third-order valence-corrected chi connectivity index (χ3v) is 3.10. The van der Waals surface area contributed by atoms with Crippen LogP contribution in [-0.4, -0.2) is 24.5 Å². The van der Waals surface area contributed by atoms with Crippen molar-refractivity contribution in [2.45, 2.75) is 19.9 Å². The van der Waals surface area contributed by atoms with Crippen LogP contribution in [0.1, 0.15) is 24.5 Å². The van der Waals surface area contributed by atoms with Gasteiger partial charge in [-0.15, -0.1) is 11.6 Å². The van der Waals surface area contributed by atoms with E-state index in [4.69, 9.17) is 20.8 Å². The molecule has 1 aromatic rings. The van der Waals surface area contributed by atoms with E-state index >= 15 is 0 Å². The van der Waals surface area contributed by atoms with Crippen molar-refractivity contribution in [3.63, 3.8) is 0 Å². The second-order valence-corrected chi connectivity index (χ2v) is 4.49. The molecule has 0 fully saturated rings. The van der Waals surface area contributed by atoms with Crippen LogP contribution in [0.4, 0.5) is 4.79 Å². The van der Waals surface area contributed by atoms with Gasteiger partial charge in [0.1, 0.15) is 17.6 Å². The van der Waals surface area contributed by atoms with E-state index in [2.05, 4.69) is 10.6 Å². The smallest absolute Gasteiger partial charge is 0.338 e. The molecule has 2 heterocycles. The fraction of sp³-hybridized carbons (Fsp3) is 0.385.